The van der Waals surface area contributed by atoms with Crippen LogP contribution in [-0.4, -0.2) is 26.2 Å². The van der Waals surface area contributed by atoms with E-state index in [4.69, 9.17) is 4.74 Å². The van der Waals surface area contributed by atoms with Crippen LogP contribution in [0, 0.1) is 0 Å². The number of imidazole rings is 1. The summed E-state index contributed by atoms with van der Waals surface area (Å²) in [5, 5.41) is 1.46. The summed E-state index contributed by atoms with van der Waals surface area (Å²) in [4.78, 5) is 21.6. The third-order valence-corrected chi connectivity index (χ3v) is 5.31. The molecule has 0 fully saturated rings. The summed E-state index contributed by atoms with van der Waals surface area (Å²) in [6.45, 7) is 0. The van der Waals surface area contributed by atoms with E-state index in [2.05, 4.69) is 9.97 Å². The van der Waals surface area contributed by atoms with Crippen molar-refractivity contribution in [1.82, 2.24) is 19.1 Å². The molecule has 0 aliphatic rings. The number of fused-ring (bicyclic) bond motifs is 1. The Kier molecular flexibility index (Phi) is 4.68. The van der Waals surface area contributed by atoms with Gasteiger partial charge in [-0.3, -0.25) is 13.9 Å². The average Bonchev–Trinajstić information content (AvgIpc) is 3.18. The normalized spacial score (nSPS) is 11.0. The zero-order valence-electron chi connectivity index (χ0n) is 15.0. The first-order chi connectivity index (χ1) is 13.2. The van der Waals surface area contributed by atoms with Crippen molar-refractivity contribution in [2.45, 2.75) is 10.9 Å². The number of para-hydroxylation sites is 1. The van der Waals surface area contributed by atoms with Gasteiger partial charge in [-0.25, -0.2) is 9.97 Å². The molecule has 136 valence electrons. The number of rotatable bonds is 5. The summed E-state index contributed by atoms with van der Waals surface area (Å²) in [5.74, 6) is 2.04. The van der Waals surface area contributed by atoms with Gasteiger partial charge >= 0.3 is 0 Å². The first kappa shape index (κ1) is 17.4. The first-order valence-corrected chi connectivity index (χ1v) is 9.41. The lowest BCUT2D eigenvalue weighted by Gasteiger charge is -2.11. The van der Waals surface area contributed by atoms with Crippen molar-refractivity contribution in [3.63, 3.8) is 0 Å². The van der Waals surface area contributed by atoms with Crippen molar-refractivity contribution in [3.8, 4) is 11.4 Å². The van der Waals surface area contributed by atoms with E-state index in [1.54, 1.807) is 31.0 Å². The zero-order chi connectivity index (χ0) is 18.8. The summed E-state index contributed by atoms with van der Waals surface area (Å²) in [7, 11) is 3.40. The van der Waals surface area contributed by atoms with Gasteiger partial charge in [0.15, 0.2) is 5.16 Å². The average molecular weight is 378 g/mol. The van der Waals surface area contributed by atoms with Gasteiger partial charge < -0.3 is 4.74 Å². The predicted molar refractivity (Wildman–Crippen MR) is 107 cm³/mol. The molecule has 0 unspecified atom stereocenters. The summed E-state index contributed by atoms with van der Waals surface area (Å²) < 4.78 is 8.90. The van der Waals surface area contributed by atoms with Crippen LogP contribution in [0.4, 0.5) is 0 Å². The van der Waals surface area contributed by atoms with Crippen LogP contribution in [-0.2, 0) is 12.8 Å². The van der Waals surface area contributed by atoms with Crippen molar-refractivity contribution >= 4 is 22.7 Å². The van der Waals surface area contributed by atoms with Crippen LogP contribution in [0.15, 0.2) is 70.9 Å². The molecule has 0 amide bonds. The number of hydrogen-bond acceptors (Lipinski definition) is 5. The molecule has 0 spiro atoms. The molecule has 4 aromatic rings. The van der Waals surface area contributed by atoms with E-state index in [9.17, 15) is 4.79 Å². The molecule has 0 aliphatic heterocycles. The Hall–Kier alpha value is -3.06. The number of methoxy groups -OCH3 is 1. The van der Waals surface area contributed by atoms with E-state index in [0.29, 0.717) is 22.5 Å². The SMILES string of the molecule is COc1cccc(-n2ccnc2SCc2nc3ccccc3c(=O)n2C)c1. The predicted octanol–water partition coefficient (Wildman–Crippen LogP) is 3.42. The summed E-state index contributed by atoms with van der Waals surface area (Å²) in [6.07, 6.45) is 3.67. The largest absolute Gasteiger partial charge is 0.497 e. The van der Waals surface area contributed by atoms with Crippen LogP contribution in [0.1, 0.15) is 5.82 Å². The van der Waals surface area contributed by atoms with Gasteiger partial charge in [-0.2, -0.15) is 0 Å². The smallest absolute Gasteiger partial charge is 0.261 e. The third kappa shape index (κ3) is 3.33. The minimum atomic E-state index is -0.0349. The Morgan fingerprint density at radius 2 is 2.00 bits per heavy atom. The standard InChI is InChI=1S/C20H18N4O2S/c1-23-18(22-17-9-4-3-8-16(17)19(23)25)13-27-20-21-10-11-24(20)14-6-5-7-15(12-14)26-2/h3-12H,13H2,1-2H3. The minimum absolute atomic E-state index is 0.0349. The van der Waals surface area contributed by atoms with Crippen molar-refractivity contribution < 1.29 is 4.74 Å². The van der Waals surface area contributed by atoms with E-state index in [0.717, 1.165) is 16.6 Å². The lowest BCUT2D eigenvalue weighted by Crippen LogP contribution is -2.21. The maximum atomic E-state index is 12.5. The fraction of sp³-hybridized carbons (Fsp3) is 0.150. The Labute approximate surface area is 160 Å². The molecule has 0 aliphatic carbocycles. The van der Waals surface area contributed by atoms with Crippen molar-refractivity contribution in [3.05, 3.63) is 77.1 Å². The highest BCUT2D eigenvalue weighted by Gasteiger charge is 2.11. The molecule has 0 atom stereocenters. The molecule has 2 aromatic heterocycles. The molecule has 0 saturated heterocycles. The number of aromatic nitrogens is 4. The molecular weight excluding hydrogens is 360 g/mol. The number of thioether (sulfide) groups is 1. The summed E-state index contributed by atoms with van der Waals surface area (Å²) in [6, 6.07) is 15.2. The van der Waals surface area contributed by atoms with Crippen LogP contribution >= 0.6 is 11.8 Å². The zero-order valence-corrected chi connectivity index (χ0v) is 15.8. The fourth-order valence-electron chi connectivity index (χ4n) is 2.88. The number of ether oxygens (including phenoxy) is 1. The lowest BCUT2D eigenvalue weighted by atomic mass is 10.2. The Morgan fingerprint density at radius 3 is 2.85 bits per heavy atom. The van der Waals surface area contributed by atoms with Crippen molar-refractivity contribution in [2.75, 3.05) is 7.11 Å². The van der Waals surface area contributed by atoms with Gasteiger partial charge in [-0.15, -0.1) is 0 Å². The van der Waals surface area contributed by atoms with Crippen LogP contribution in [0.5, 0.6) is 5.75 Å². The maximum Gasteiger partial charge on any atom is 0.261 e. The van der Waals surface area contributed by atoms with Crippen LogP contribution in [0.2, 0.25) is 0 Å². The van der Waals surface area contributed by atoms with E-state index >= 15 is 0 Å². The third-order valence-electron chi connectivity index (χ3n) is 4.34. The molecule has 0 bridgehead atoms. The second-order valence-electron chi connectivity index (χ2n) is 5.98. The van der Waals surface area contributed by atoms with Crippen LogP contribution in [0.25, 0.3) is 16.6 Å². The molecule has 0 radical (unpaired) electrons. The Morgan fingerprint density at radius 1 is 1.15 bits per heavy atom. The fourth-order valence-corrected chi connectivity index (χ4v) is 3.83. The summed E-state index contributed by atoms with van der Waals surface area (Å²) >= 11 is 1.54. The second-order valence-corrected chi connectivity index (χ2v) is 6.92. The van der Waals surface area contributed by atoms with Crippen LogP contribution < -0.4 is 10.3 Å². The topological polar surface area (TPSA) is 61.9 Å². The first-order valence-electron chi connectivity index (χ1n) is 8.42. The van der Waals surface area contributed by atoms with Gasteiger partial charge in [0.2, 0.25) is 0 Å². The Bertz CT molecular complexity index is 1170. The van der Waals surface area contributed by atoms with E-state index < -0.39 is 0 Å². The molecule has 6 nitrogen and oxygen atoms in total. The lowest BCUT2D eigenvalue weighted by molar-refractivity contribution is 0.414. The van der Waals surface area contributed by atoms with Gasteiger partial charge in [-0.05, 0) is 24.3 Å². The molecule has 2 aromatic carbocycles. The molecule has 0 saturated carbocycles. The number of nitrogens with zero attached hydrogens (tertiary/aromatic N) is 4. The quantitative estimate of drug-likeness (QED) is 0.498. The number of hydrogen-bond donors (Lipinski definition) is 0. The monoisotopic (exact) mass is 378 g/mol. The highest BCUT2D eigenvalue weighted by atomic mass is 32.2. The Balaban J connectivity index is 1.64. The molecule has 2 heterocycles. The van der Waals surface area contributed by atoms with E-state index in [1.165, 1.54) is 11.8 Å². The van der Waals surface area contributed by atoms with Gasteiger partial charge in [0, 0.05) is 25.5 Å². The van der Waals surface area contributed by atoms with Crippen molar-refractivity contribution in [2.24, 2.45) is 7.05 Å². The van der Waals surface area contributed by atoms with Crippen molar-refractivity contribution in [1.29, 1.82) is 0 Å². The molecule has 7 heteroatoms. The van der Waals surface area contributed by atoms with Gasteiger partial charge in [-0.1, -0.05) is 30.0 Å². The van der Waals surface area contributed by atoms with Gasteiger partial charge in [0.05, 0.1) is 29.5 Å². The maximum absolute atomic E-state index is 12.5. The molecule has 27 heavy (non-hydrogen) atoms. The highest BCUT2D eigenvalue weighted by molar-refractivity contribution is 7.98. The van der Waals surface area contributed by atoms with E-state index in [1.807, 2.05) is 53.2 Å². The molecular formula is C20H18N4O2S. The number of benzene rings is 2. The minimum Gasteiger partial charge on any atom is -0.497 e. The van der Waals surface area contributed by atoms with E-state index in [-0.39, 0.29) is 5.56 Å². The van der Waals surface area contributed by atoms with Gasteiger partial charge in [0.25, 0.3) is 5.56 Å². The van der Waals surface area contributed by atoms with Gasteiger partial charge in [0.1, 0.15) is 11.6 Å². The van der Waals surface area contributed by atoms with Crippen LogP contribution in [0.3, 0.4) is 0 Å². The molecule has 0 N–H and O–H groups in total. The highest BCUT2D eigenvalue weighted by Crippen LogP contribution is 2.25. The second kappa shape index (κ2) is 7.28. The molecule has 4 rings (SSSR count). The summed E-state index contributed by atoms with van der Waals surface area (Å²) in [5.41, 5.74) is 1.65.